The van der Waals surface area contributed by atoms with E-state index in [0.29, 0.717) is 6.54 Å². The van der Waals surface area contributed by atoms with Crippen LogP contribution in [0.5, 0.6) is 0 Å². The molecule has 0 aliphatic rings. The molecule has 0 saturated heterocycles. The molecule has 0 heterocycles. The van der Waals surface area contributed by atoms with Crippen molar-refractivity contribution in [2.24, 2.45) is 0 Å². The second-order valence-electron chi connectivity index (χ2n) is 4.07. The molecule has 0 aromatic heterocycles. The molecular formula is C16H18N2O. The molecule has 0 bridgehead atoms. The number of amides is 1. The first-order chi connectivity index (χ1) is 9.27. The Hall–Kier alpha value is -2.34. The average Bonchev–Trinajstić information content (AvgIpc) is 2.45. The number of allylic oxidation sites excluding steroid dienone is 2. The molecular weight excluding hydrogens is 236 g/mol. The van der Waals surface area contributed by atoms with Crippen LogP contribution in [0.4, 0.5) is 0 Å². The van der Waals surface area contributed by atoms with E-state index >= 15 is 0 Å². The molecule has 0 spiro atoms. The Morgan fingerprint density at radius 2 is 2.11 bits per heavy atom. The van der Waals surface area contributed by atoms with Crippen LogP contribution >= 0.6 is 0 Å². The zero-order chi connectivity index (χ0) is 13.9. The normalized spacial score (nSPS) is 11.3. The smallest absolute Gasteiger partial charge is 0.261 e. The maximum Gasteiger partial charge on any atom is 0.261 e. The molecule has 0 saturated carbocycles. The largest absolute Gasteiger partial charge is 0.351 e. The molecule has 98 valence electrons. The van der Waals surface area contributed by atoms with Crippen molar-refractivity contribution in [3.8, 4) is 6.07 Å². The molecule has 3 heteroatoms. The maximum absolute atomic E-state index is 11.7. The maximum atomic E-state index is 11.7. The number of unbranched alkanes of at least 4 members (excludes halogenated alkanes) is 1. The van der Waals surface area contributed by atoms with Crippen LogP contribution in [-0.4, -0.2) is 12.5 Å². The van der Waals surface area contributed by atoms with E-state index in [1.807, 2.05) is 42.5 Å². The van der Waals surface area contributed by atoms with Crippen LogP contribution < -0.4 is 5.32 Å². The summed E-state index contributed by atoms with van der Waals surface area (Å²) < 4.78 is 0. The van der Waals surface area contributed by atoms with Crippen molar-refractivity contribution in [2.45, 2.75) is 19.8 Å². The summed E-state index contributed by atoms with van der Waals surface area (Å²) in [6, 6.07) is 11.6. The van der Waals surface area contributed by atoms with Crippen LogP contribution in [0.1, 0.15) is 25.3 Å². The first kappa shape index (κ1) is 14.7. The van der Waals surface area contributed by atoms with Gasteiger partial charge in [0.15, 0.2) is 0 Å². The number of carbonyl (C=O) groups is 1. The molecule has 1 amide bonds. The number of carbonyl (C=O) groups excluding carboxylic acids is 1. The average molecular weight is 254 g/mol. The third-order valence-electron chi connectivity index (χ3n) is 2.53. The minimum Gasteiger partial charge on any atom is -0.351 e. The highest BCUT2D eigenvalue weighted by Crippen LogP contribution is 2.02. The van der Waals surface area contributed by atoms with Gasteiger partial charge in [-0.15, -0.1) is 0 Å². The first-order valence-corrected chi connectivity index (χ1v) is 6.39. The van der Waals surface area contributed by atoms with Gasteiger partial charge in [0.1, 0.15) is 11.6 Å². The third-order valence-corrected chi connectivity index (χ3v) is 2.53. The van der Waals surface area contributed by atoms with Crippen molar-refractivity contribution in [2.75, 3.05) is 6.54 Å². The van der Waals surface area contributed by atoms with Crippen LogP contribution in [0.25, 0.3) is 6.08 Å². The molecule has 0 aliphatic heterocycles. The lowest BCUT2D eigenvalue weighted by Gasteiger charge is -2.01. The van der Waals surface area contributed by atoms with Gasteiger partial charge in [0, 0.05) is 6.54 Å². The van der Waals surface area contributed by atoms with Crippen LogP contribution in [0.15, 0.2) is 48.1 Å². The molecule has 19 heavy (non-hydrogen) atoms. The van der Waals surface area contributed by atoms with E-state index in [4.69, 9.17) is 5.26 Å². The minimum atomic E-state index is -0.311. The van der Waals surface area contributed by atoms with E-state index < -0.39 is 0 Å². The fourth-order valence-corrected chi connectivity index (χ4v) is 1.46. The molecule has 0 fully saturated rings. The fourth-order valence-electron chi connectivity index (χ4n) is 1.46. The Balaban J connectivity index is 2.60. The van der Waals surface area contributed by atoms with E-state index in [1.54, 1.807) is 6.08 Å². The summed E-state index contributed by atoms with van der Waals surface area (Å²) in [7, 11) is 0. The van der Waals surface area contributed by atoms with Gasteiger partial charge in [-0.2, -0.15) is 5.26 Å². The summed E-state index contributed by atoms with van der Waals surface area (Å²) in [5, 5.41) is 11.7. The number of hydrogen-bond acceptors (Lipinski definition) is 2. The third kappa shape index (κ3) is 5.69. The summed E-state index contributed by atoms with van der Waals surface area (Å²) in [5.74, 6) is -0.311. The zero-order valence-corrected chi connectivity index (χ0v) is 11.1. The summed E-state index contributed by atoms with van der Waals surface area (Å²) in [6.07, 6.45) is 7.04. The van der Waals surface area contributed by atoms with Crippen molar-refractivity contribution in [1.29, 1.82) is 5.26 Å². The fraction of sp³-hybridized carbons (Fsp3) is 0.250. The van der Waals surface area contributed by atoms with Gasteiger partial charge in [0.2, 0.25) is 0 Å². The number of hydrogen-bond donors (Lipinski definition) is 1. The molecule has 0 aliphatic carbocycles. The molecule has 1 aromatic carbocycles. The number of nitrogens with one attached hydrogen (secondary N) is 1. The van der Waals surface area contributed by atoms with Crippen LogP contribution in [0, 0.1) is 11.3 Å². The zero-order valence-electron chi connectivity index (χ0n) is 11.1. The van der Waals surface area contributed by atoms with Crippen LogP contribution in [0.3, 0.4) is 0 Å². The molecule has 3 nitrogen and oxygen atoms in total. The second kappa shape index (κ2) is 8.71. The highest BCUT2D eigenvalue weighted by molar-refractivity contribution is 5.97. The van der Waals surface area contributed by atoms with Gasteiger partial charge in [-0.1, -0.05) is 55.8 Å². The number of nitrogens with zero attached hydrogens (tertiary/aromatic N) is 1. The van der Waals surface area contributed by atoms with Crippen molar-refractivity contribution in [1.82, 2.24) is 5.32 Å². The lowest BCUT2D eigenvalue weighted by Crippen LogP contribution is -2.25. The Labute approximate surface area is 114 Å². The van der Waals surface area contributed by atoms with Gasteiger partial charge < -0.3 is 5.32 Å². The standard InChI is InChI=1S/C16H18N2O/c1-2-3-12-18-16(19)15(13-17)11-7-10-14-8-5-4-6-9-14/h4-11H,2-3,12H2,1H3,(H,18,19)/b10-7+,15-11+. The number of nitriles is 1. The van der Waals surface area contributed by atoms with Crippen molar-refractivity contribution >= 4 is 12.0 Å². The summed E-state index contributed by atoms with van der Waals surface area (Å²) >= 11 is 0. The Morgan fingerprint density at radius 1 is 1.37 bits per heavy atom. The van der Waals surface area contributed by atoms with Crippen molar-refractivity contribution in [3.05, 3.63) is 53.6 Å². The quantitative estimate of drug-likeness (QED) is 0.367. The van der Waals surface area contributed by atoms with Crippen molar-refractivity contribution in [3.63, 3.8) is 0 Å². The summed E-state index contributed by atoms with van der Waals surface area (Å²) in [4.78, 5) is 11.7. The van der Waals surface area contributed by atoms with E-state index in [0.717, 1.165) is 18.4 Å². The van der Waals surface area contributed by atoms with E-state index in [-0.39, 0.29) is 11.5 Å². The van der Waals surface area contributed by atoms with Gasteiger partial charge in [0.05, 0.1) is 0 Å². The molecule has 1 rings (SSSR count). The van der Waals surface area contributed by atoms with Gasteiger partial charge in [0.25, 0.3) is 5.91 Å². The number of rotatable bonds is 6. The van der Waals surface area contributed by atoms with Gasteiger partial charge in [-0.3, -0.25) is 4.79 Å². The minimum absolute atomic E-state index is 0.128. The molecule has 0 radical (unpaired) electrons. The lowest BCUT2D eigenvalue weighted by atomic mass is 10.2. The van der Waals surface area contributed by atoms with Gasteiger partial charge in [-0.25, -0.2) is 0 Å². The summed E-state index contributed by atoms with van der Waals surface area (Å²) in [5.41, 5.74) is 1.16. The van der Waals surface area contributed by atoms with Gasteiger partial charge >= 0.3 is 0 Å². The van der Waals surface area contributed by atoms with Crippen LogP contribution in [-0.2, 0) is 4.79 Å². The first-order valence-electron chi connectivity index (χ1n) is 6.39. The predicted octanol–water partition coefficient (Wildman–Crippen LogP) is 3.07. The van der Waals surface area contributed by atoms with Gasteiger partial charge in [-0.05, 0) is 18.1 Å². The Morgan fingerprint density at radius 3 is 2.74 bits per heavy atom. The number of benzene rings is 1. The topological polar surface area (TPSA) is 52.9 Å². The molecule has 0 atom stereocenters. The lowest BCUT2D eigenvalue weighted by molar-refractivity contribution is -0.117. The Kier molecular flexibility index (Phi) is 6.75. The molecule has 1 aromatic rings. The Bertz CT molecular complexity index is 495. The predicted molar refractivity (Wildman–Crippen MR) is 77.1 cm³/mol. The summed E-state index contributed by atoms with van der Waals surface area (Å²) in [6.45, 7) is 2.66. The highest BCUT2D eigenvalue weighted by Gasteiger charge is 2.05. The monoisotopic (exact) mass is 254 g/mol. The van der Waals surface area contributed by atoms with E-state index in [1.165, 1.54) is 6.08 Å². The molecule has 0 unspecified atom stereocenters. The highest BCUT2D eigenvalue weighted by atomic mass is 16.1. The second-order valence-corrected chi connectivity index (χ2v) is 4.07. The van der Waals surface area contributed by atoms with E-state index in [9.17, 15) is 4.79 Å². The SMILES string of the molecule is CCCCNC(=O)/C(C#N)=C/C=C/c1ccccc1. The van der Waals surface area contributed by atoms with Crippen molar-refractivity contribution < 1.29 is 4.79 Å². The molecule has 1 N–H and O–H groups in total. The van der Waals surface area contributed by atoms with E-state index in [2.05, 4.69) is 12.2 Å². The van der Waals surface area contributed by atoms with Crippen LogP contribution in [0.2, 0.25) is 0 Å².